The van der Waals surface area contributed by atoms with E-state index in [0.29, 0.717) is 23.1 Å². The molecule has 0 amide bonds. The van der Waals surface area contributed by atoms with E-state index in [9.17, 15) is 5.26 Å². The van der Waals surface area contributed by atoms with Crippen molar-refractivity contribution >= 4 is 72.1 Å². The van der Waals surface area contributed by atoms with Gasteiger partial charge in [-0.3, -0.25) is 0 Å². The van der Waals surface area contributed by atoms with E-state index in [2.05, 4.69) is 144 Å². The van der Waals surface area contributed by atoms with E-state index in [1.165, 1.54) is 117 Å². The minimum atomic E-state index is 0.489. The molecule has 4 nitrogen and oxygen atoms in total. The summed E-state index contributed by atoms with van der Waals surface area (Å²) >= 11 is 0. The molecule has 2 aliphatic rings. The lowest BCUT2D eigenvalue weighted by molar-refractivity contribution is 0.729. The van der Waals surface area contributed by atoms with Gasteiger partial charge < -0.3 is 9.80 Å². The molecule has 0 atom stereocenters. The molecule has 2 aliphatic carbocycles. The Morgan fingerprint density at radius 2 is 0.862 bits per heavy atom. The second-order valence-corrected chi connectivity index (χ2v) is 16.6. The van der Waals surface area contributed by atoms with Gasteiger partial charge in [0.2, 0.25) is 0 Å². The SMILES string of the molecule is [C-]#[N+]c1ccc(N(c2ccc(C)cc2)c2cc(C3CCCC3)c3ccc4c(N(c5ccc(C)cc5)c5ccc(C#N)cc5)cc(C5CCCC5)c5ccc2c3c54)cc1. The van der Waals surface area contributed by atoms with Crippen LogP contribution < -0.4 is 9.80 Å². The molecule has 8 aromatic rings. The van der Waals surface area contributed by atoms with Crippen molar-refractivity contribution in [1.82, 2.24) is 0 Å². The maximum atomic E-state index is 9.75. The summed E-state index contributed by atoms with van der Waals surface area (Å²) in [5, 5.41) is 17.6. The fraction of sp³-hybridized carbons (Fsp3) is 0.222. The Kier molecular flexibility index (Phi) is 9.07. The number of anilines is 6. The first-order chi connectivity index (χ1) is 28.5. The highest BCUT2D eigenvalue weighted by atomic mass is 15.1. The molecule has 0 unspecified atom stereocenters. The van der Waals surface area contributed by atoms with Crippen LogP contribution >= 0.6 is 0 Å². The molecule has 0 heterocycles. The van der Waals surface area contributed by atoms with E-state index in [4.69, 9.17) is 6.57 Å². The second-order valence-electron chi connectivity index (χ2n) is 16.6. The lowest BCUT2D eigenvalue weighted by Crippen LogP contribution is -2.13. The van der Waals surface area contributed by atoms with Gasteiger partial charge >= 0.3 is 0 Å². The topological polar surface area (TPSA) is 34.6 Å². The summed E-state index contributed by atoms with van der Waals surface area (Å²) in [6, 6.07) is 50.9. The van der Waals surface area contributed by atoms with Crippen molar-refractivity contribution in [2.45, 2.75) is 77.0 Å². The van der Waals surface area contributed by atoms with E-state index in [1.54, 1.807) is 0 Å². The second kappa shape index (κ2) is 14.7. The van der Waals surface area contributed by atoms with Gasteiger partial charge in [-0.25, -0.2) is 4.85 Å². The third-order valence-electron chi connectivity index (χ3n) is 13.1. The molecule has 2 saturated carbocycles. The summed E-state index contributed by atoms with van der Waals surface area (Å²) in [4.78, 5) is 8.57. The van der Waals surface area contributed by atoms with Crippen LogP contribution in [0.2, 0.25) is 0 Å². The number of benzene rings is 8. The highest BCUT2D eigenvalue weighted by Crippen LogP contribution is 2.53. The predicted molar refractivity (Wildman–Crippen MR) is 242 cm³/mol. The zero-order valence-electron chi connectivity index (χ0n) is 33.3. The van der Waals surface area contributed by atoms with Gasteiger partial charge in [0.15, 0.2) is 5.69 Å². The minimum Gasteiger partial charge on any atom is -0.310 e. The lowest BCUT2D eigenvalue weighted by Gasteiger charge is -2.32. The zero-order chi connectivity index (χ0) is 39.3. The number of nitriles is 1. The number of rotatable bonds is 8. The van der Waals surface area contributed by atoms with Gasteiger partial charge in [0, 0.05) is 33.5 Å². The summed E-state index contributed by atoms with van der Waals surface area (Å²) in [5.74, 6) is 0.979. The molecule has 0 aliphatic heterocycles. The van der Waals surface area contributed by atoms with Crippen LogP contribution in [0.1, 0.15) is 91.0 Å². The van der Waals surface area contributed by atoms with E-state index < -0.39 is 0 Å². The molecule has 8 aromatic carbocycles. The summed E-state index contributed by atoms with van der Waals surface area (Å²) < 4.78 is 0. The first kappa shape index (κ1) is 35.8. The van der Waals surface area contributed by atoms with E-state index >= 15 is 0 Å². The first-order valence-electron chi connectivity index (χ1n) is 21.0. The van der Waals surface area contributed by atoms with Gasteiger partial charge in [-0.2, -0.15) is 5.26 Å². The van der Waals surface area contributed by atoms with Crippen molar-refractivity contribution in [3.8, 4) is 6.07 Å². The van der Waals surface area contributed by atoms with Crippen molar-refractivity contribution in [3.63, 3.8) is 0 Å². The lowest BCUT2D eigenvalue weighted by atomic mass is 9.82. The molecular formula is C54H46N4. The zero-order valence-corrected chi connectivity index (χ0v) is 33.3. The summed E-state index contributed by atoms with van der Waals surface area (Å²) in [6.07, 6.45) is 9.83. The Balaban J connectivity index is 1.33. The largest absolute Gasteiger partial charge is 0.310 e. The Labute approximate surface area is 341 Å². The molecule has 0 spiro atoms. The minimum absolute atomic E-state index is 0.489. The van der Waals surface area contributed by atoms with Crippen molar-refractivity contribution in [2.75, 3.05) is 9.80 Å². The van der Waals surface area contributed by atoms with Crippen molar-refractivity contribution in [2.24, 2.45) is 0 Å². The van der Waals surface area contributed by atoms with Crippen LogP contribution in [0.15, 0.2) is 133 Å². The maximum Gasteiger partial charge on any atom is 0.187 e. The fourth-order valence-corrected chi connectivity index (χ4v) is 10.1. The molecule has 58 heavy (non-hydrogen) atoms. The normalized spacial score (nSPS) is 14.7. The van der Waals surface area contributed by atoms with Gasteiger partial charge in [-0.05, 0) is 157 Å². The molecule has 2 fully saturated rings. The van der Waals surface area contributed by atoms with Crippen LogP contribution in [0, 0.1) is 31.8 Å². The molecular weight excluding hydrogens is 705 g/mol. The molecule has 0 N–H and O–H groups in total. The predicted octanol–water partition coefficient (Wildman–Crippen LogP) is 15.9. The highest BCUT2D eigenvalue weighted by molar-refractivity contribution is 6.29. The molecule has 0 aromatic heterocycles. The number of hydrogen-bond donors (Lipinski definition) is 0. The number of aryl methyl sites for hydroxylation is 2. The molecule has 0 saturated heterocycles. The Bertz CT molecular complexity index is 2660. The standard InChI is InChI=1S/C54H46N4/c1-35-12-20-41(21-13-35)57(43-24-16-37(34-55)17-25-43)51-32-49(38-8-4-5-9-38)45-29-31-48-52(33-50(39-10-6-7-11-39)46-28-30-47(51)53(45)54(46)48)58(42-22-14-36(2)15-23-42)44-26-18-40(56-3)19-27-44/h12-33,38-39H,4-11H2,1-2H3. The Morgan fingerprint density at radius 1 is 0.500 bits per heavy atom. The monoisotopic (exact) mass is 750 g/mol. The fourth-order valence-electron chi connectivity index (χ4n) is 10.1. The van der Waals surface area contributed by atoms with Gasteiger partial charge in [-0.1, -0.05) is 97.5 Å². The van der Waals surface area contributed by atoms with Crippen molar-refractivity contribution < 1.29 is 0 Å². The van der Waals surface area contributed by atoms with Gasteiger partial charge in [0.05, 0.1) is 29.6 Å². The Hall–Kier alpha value is -6.62. The van der Waals surface area contributed by atoms with Gasteiger partial charge in [0.25, 0.3) is 0 Å². The summed E-state index contributed by atoms with van der Waals surface area (Å²) in [5.41, 5.74) is 13.3. The van der Waals surface area contributed by atoms with E-state index in [0.717, 1.165) is 22.7 Å². The van der Waals surface area contributed by atoms with Gasteiger partial charge in [0.1, 0.15) is 0 Å². The van der Waals surface area contributed by atoms with Crippen LogP contribution in [0.5, 0.6) is 0 Å². The quantitative estimate of drug-likeness (QED) is 0.115. The molecule has 0 radical (unpaired) electrons. The van der Waals surface area contributed by atoms with Crippen LogP contribution in [-0.2, 0) is 0 Å². The van der Waals surface area contributed by atoms with E-state index in [-0.39, 0.29) is 0 Å². The van der Waals surface area contributed by atoms with Crippen LogP contribution in [0.4, 0.5) is 39.8 Å². The number of hydrogen-bond acceptors (Lipinski definition) is 3. The van der Waals surface area contributed by atoms with Crippen LogP contribution in [0.25, 0.3) is 37.2 Å². The molecule has 0 bridgehead atoms. The maximum absolute atomic E-state index is 9.75. The summed E-state index contributed by atoms with van der Waals surface area (Å²) in [7, 11) is 0. The Morgan fingerprint density at radius 3 is 1.24 bits per heavy atom. The average Bonchev–Trinajstić information content (AvgIpc) is 4.02. The third-order valence-corrected chi connectivity index (χ3v) is 13.1. The number of nitrogens with zero attached hydrogens (tertiary/aromatic N) is 4. The smallest absolute Gasteiger partial charge is 0.187 e. The third kappa shape index (κ3) is 6.12. The van der Waals surface area contributed by atoms with Crippen LogP contribution in [0.3, 0.4) is 0 Å². The first-order valence-corrected chi connectivity index (χ1v) is 21.0. The molecule has 282 valence electrons. The highest BCUT2D eigenvalue weighted by Gasteiger charge is 2.29. The van der Waals surface area contributed by atoms with E-state index in [1.807, 2.05) is 24.3 Å². The van der Waals surface area contributed by atoms with Gasteiger partial charge in [-0.15, -0.1) is 0 Å². The van der Waals surface area contributed by atoms with Crippen LogP contribution in [-0.4, -0.2) is 0 Å². The molecule has 4 heteroatoms. The van der Waals surface area contributed by atoms with Crippen molar-refractivity contribution in [3.05, 3.63) is 173 Å². The van der Waals surface area contributed by atoms with Crippen molar-refractivity contribution in [1.29, 1.82) is 5.26 Å². The average molecular weight is 751 g/mol. The molecule has 10 rings (SSSR count). The summed E-state index contributed by atoms with van der Waals surface area (Å²) in [6.45, 7) is 12.0.